The summed E-state index contributed by atoms with van der Waals surface area (Å²) < 4.78 is 11.1. The summed E-state index contributed by atoms with van der Waals surface area (Å²) in [6, 6.07) is 5.74. The molecule has 1 aromatic carbocycles. The third kappa shape index (κ3) is 5.02. The molecule has 126 valence electrons. The lowest BCUT2D eigenvalue weighted by molar-refractivity contribution is -0.122. The molecule has 0 fully saturated rings. The van der Waals surface area contributed by atoms with Gasteiger partial charge in [-0.15, -0.1) is 0 Å². The predicted molar refractivity (Wildman–Crippen MR) is 91.8 cm³/mol. The first-order chi connectivity index (χ1) is 11.0. The summed E-state index contributed by atoms with van der Waals surface area (Å²) in [7, 11) is 1.63. The molecule has 0 aromatic heterocycles. The Labute approximate surface area is 138 Å². The molecule has 2 atom stereocenters. The van der Waals surface area contributed by atoms with Gasteiger partial charge in [-0.05, 0) is 57.2 Å². The van der Waals surface area contributed by atoms with Crippen LogP contribution in [0, 0.1) is 5.92 Å². The van der Waals surface area contributed by atoms with Gasteiger partial charge in [-0.3, -0.25) is 4.79 Å². The SMILES string of the molecule is COc1cc([C@@H](C)NC(=O)C[C@@H]2C=CCC2)ccc1OC(C)C. The normalized spacial score (nSPS) is 18.0. The van der Waals surface area contributed by atoms with Crippen LogP contribution < -0.4 is 14.8 Å². The average molecular weight is 317 g/mol. The second-order valence-electron chi connectivity index (χ2n) is 6.34. The van der Waals surface area contributed by atoms with Gasteiger partial charge in [0, 0.05) is 6.42 Å². The first-order valence-electron chi connectivity index (χ1n) is 8.30. The lowest BCUT2D eigenvalue weighted by Gasteiger charge is -2.19. The van der Waals surface area contributed by atoms with Crippen molar-refractivity contribution < 1.29 is 14.3 Å². The van der Waals surface area contributed by atoms with Gasteiger partial charge in [-0.25, -0.2) is 0 Å². The Balaban J connectivity index is 1.99. The molecule has 2 rings (SSSR count). The van der Waals surface area contributed by atoms with Gasteiger partial charge in [-0.1, -0.05) is 18.2 Å². The quantitative estimate of drug-likeness (QED) is 0.773. The summed E-state index contributed by atoms with van der Waals surface area (Å²) in [6.45, 7) is 5.95. The maximum absolute atomic E-state index is 12.1. The van der Waals surface area contributed by atoms with Crippen LogP contribution in [0.5, 0.6) is 11.5 Å². The highest BCUT2D eigenvalue weighted by atomic mass is 16.5. The van der Waals surface area contributed by atoms with Gasteiger partial charge in [0.25, 0.3) is 0 Å². The van der Waals surface area contributed by atoms with Crippen molar-refractivity contribution in [2.75, 3.05) is 7.11 Å². The molecule has 1 aliphatic rings. The number of hydrogen-bond donors (Lipinski definition) is 1. The fourth-order valence-corrected chi connectivity index (χ4v) is 2.79. The van der Waals surface area contributed by atoms with E-state index in [0.29, 0.717) is 18.1 Å². The minimum absolute atomic E-state index is 0.0603. The van der Waals surface area contributed by atoms with Crippen molar-refractivity contribution in [3.63, 3.8) is 0 Å². The van der Waals surface area contributed by atoms with Gasteiger partial charge in [0.2, 0.25) is 5.91 Å². The van der Waals surface area contributed by atoms with Crippen LogP contribution in [0.25, 0.3) is 0 Å². The zero-order chi connectivity index (χ0) is 16.8. The number of carbonyl (C=O) groups is 1. The number of nitrogens with one attached hydrogen (secondary N) is 1. The molecule has 4 heteroatoms. The lowest BCUT2D eigenvalue weighted by atomic mass is 10.0. The summed E-state index contributed by atoms with van der Waals surface area (Å²) in [4.78, 5) is 12.1. The Morgan fingerprint density at radius 3 is 2.70 bits per heavy atom. The van der Waals surface area contributed by atoms with Crippen molar-refractivity contribution in [1.29, 1.82) is 0 Å². The maximum Gasteiger partial charge on any atom is 0.221 e. The van der Waals surface area contributed by atoms with E-state index in [-0.39, 0.29) is 18.1 Å². The second-order valence-corrected chi connectivity index (χ2v) is 6.34. The van der Waals surface area contributed by atoms with Gasteiger partial charge in [-0.2, -0.15) is 0 Å². The molecule has 0 spiro atoms. The van der Waals surface area contributed by atoms with Crippen molar-refractivity contribution in [2.45, 2.75) is 52.2 Å². The number of carbonyl (C=O) groups excluding carboxylic acids is 1. The topological polar surface area (TPSA) is 47.6 Å². The van der Waals surface area contributed by atoms with Crippen LogP contribution in [-0.2, 0) is 4.79 Å². The van der Waals surface area contributed by atoms with Gasteiger partial charge >= 0.3 is 0 Å². The summed E-state index contributed by atoms with van der Waals surface area (Å²) >= 11 is 0. The number of benzene rings is 1. The van der Waals surface area contributed by atoms with Gasteiger partial charge in [0.1, 0.15) is 0 Å². The van der Waals surface area contributed by atoms with E-state index in [0.717, 1.165) is 24.2 Å². The molecule has 0 radical (unpaired) electrons. The highest BCUT2D eigenvalue weighted by Gasteiger charge is 2.17. The molecule has 0 saturated carbocycles. The largest absolute Gasteiger partial charge is 0.493 e. The van der Waals surface area contributed by atoms with E-state index in [4.69, 9.17) is 9.47 Å². The molecule has 1 N–H and O–H groups in total. The lowest BCUT2D eigenvalue weighted by Crippen LogP contribution is -2.27. The van der Waals surface area contributed by atoms with Crippen LogP contribution >= 0.6 is 0 Å². The molecular formula is C19H27NO3. The van der Waals surface area contributed by atoms with E-state index in [1.807, 2.05) is 39.0 Å². The van der Waals surface area contributed by atoms with E-state index in [1.54, 1.807) is 7.11 Å². The van der Waals surface area contributed by atoms with Crippen molar-refractivity contribution in [1.82, 2.24) is 5.32 Å². The minimum atomic E-state index is -0.0603. The summed E-state index contributed by atoms with van der Waals surface area (Å²) in [5, 5.41) is 3.07. The minimum Gasteiger partial charge on any atom is -0.493 e. The fraction of sp³-hybridized carbons (Fsp3) is 0.526. The van der Waals surface area contributed by atoms with E-state index in [1.165, 1.54) is 0 Å². The molecule has 1 amide bonds. The maximum atomic E-state index is 12.1. The summed E-state index contributed by atoms with van der Waals surface area (Å²) in [5.41, 5.74) is 1.01. The number of allylic oxidation sites excluding steroid dienone is 2. The smallest absolute Gasteiger partial charge is 0.221 e. The van der Waals surface area contributed by atoms with E-state index >= 15 is 0 Å². The van der Waals surface area contributed by atoms with Crippen LogP contribution in [-0.4, -0.2) is 19.1 Å². The van der Waals surface area contributed by atoms with Crippen LogP contribution in [0.2, 0.25) is 0 Å². The number of methoxy groups -OCH3 is 1. The number of amides is 1. The number of hydrogen-bond acceptors (Lipinski definition) is 3. The van der Waals surface area contributed by atoms with Crippen molar-refractivity contribution in [3.05, 3.63) is 35.9 Å². The molecule has 0 bridgehead atoms. The second kappa shape index (κ2) is 8.04. The predicted octanol–water partition coefficient (Wildman–Crippen LogP) is 4.02. The van der Waals surface area contributed by atoms with E-state index in [9.17, 15) is 4.79 Å². The zero-order valence-electron chi connectivity index (χ0n) is 14.5. The molecule has 1 aromatic rings. The Hall–Kier alpha value is -1.97. The monoisotopic (exact) mass is 317 g/mol. The van der Waals surface area contributed by atoms with Crippen LogP contribution in [0.15, 0.2) is 30.4 Å². The molecule has 0 heterocycles. The Morgan fingerprint density at radius 2 is 2.09 bits per heavy atom. The van der Waals surface area contributed by atoms with Crippen LogP contribution in [0.3, 0.4) is 0 Å². The number of rotatable bonds is 7. The summed E-state index contributed by atoms with van der Waals surface area (Å²) in [6.07, 6.45) is 7.11. The zero-order valence-corrected chi connectivity index (χ0v) is 14.5. The third-order valence-corrected chi connectivity index (χ3v) is 3.99. The molecule has 4 nitrogen and oxygen atoms in total. The van der Waals surface area contributed by atoms with Crippen LogP contribution in [0.4, 0.5) is 0 Å². The van der Waals surface area contributed by atoms with Gasteiger partial charge in [0.05, 0.1) is 19.3 Å². The molecule has 0 aliphatic heterocycles. The third-order valence-electron chi connectivity index (χ3n) is 3.99. The summed E-state index contributed by atoms with van der Waals surface area (Å²) in [5.74, 6) is 1.89. The van der Waals surface area contributed by atoms with Crippen molar-refractivity contribution in [2.24, 2.45) is 5.92 Å². The Bertz CT molecular complexity index is 566. The first kappa shape index (κ1) is 17.4. The van der Waals surface area contributed by atoms with E-state index < -0.39 is 0 Å². The molecule has 0 saturated heterocycles. The highest BCUT2D eigenvalue weighted by molar-refractivity contribution is 5.77. The van der Waals surface area contributed by atoms with Gasteiger partial charge in [0.15, 0.2) is 11.5 Å². The number of ether oxygens (including phenoxy) is 2. The Morgan fingerprint density at radius 1 is 1.30 bits per heavy atom. The molecule has 0 unspecified atom stereocenters. The van der Waals surface area contributed by atoms with Crippen LogP contribution in [0.1, 0.15) is 51.6 Å². The molecule has 23 heavy (non-hydrogen) atoms. The van der Waals surface area contributed by atoms with E-state index in [2.05, 4.69) is 17.5 Å². The van der Waals surface area contributed by atoms with Gasteiger partial charge < -0.3 is 14.8 Å². The van der Waals surface area contributed by atoms with Crippen molar-refractivity contribution in [3.8, 4) is 11.5 Å². The average Bonchev–Trinajstić information content (AvgIpc) is 2.99. The Kier molecular flexibility index (Phi) is 6.08. The highest BCUT2D eigenvalue weighted by Crippen LogP contribution is 2.31. The molecular weight excluding hydrogens is 290 g/mol. The molecule has 1 aliphatic carbocycles. The first-order valence-corrected chi connectivity index (χ1v) is 8.30. The standard InChI is InChI=1S/C19H27NO3/c1-13(2)23-17-10-9-16(12-18(17)22-4)14(3)20-19(21)11-15-7-5-6-8-15/h5,7,9-10,12-15H,6,8,11H2,1-4H3,(H,20,21)/t14-,15-/m1/s1. The fourth-order valence-electron chi connectivity index (χ4n) is 2.79. The van der Waals surface area contributed by atoms with Crippen molar-refractivity contribution >= 4 is 5.91 Å².